The maximum absolute atomic E-state index is 10.7. The van der Waals surface area contributed by atoms with Crippen LogP contribution in [0.25, 0.3) is 0 Å². The molecular formula is C7H17NO5Si. The highest BCUT2D eigenvalue weighted by Crippen LogP contribution is 2.28. The van der Waals surface area contributed by atoms with Crippen LogP contribution in [0.5, 0.6) is 0 Å². The van der Waals surface area contributed by atoms with Gasteiger partial charge in [0.2, 0.25) is 11.2 Å². The SMILES string of the molecule is COC(C)(OC)C([SiH3])(OC)OC(N)=O. The number of methoxy groups -OCH3 is 3. The van der Waals surface area contributed by atoms with Gasteiger partial charge in [0.05, 0.1) is 0 Å². The Hall–Kier alpha value is -0.633. The molecule has 0 radical (unpaired) electrons. The molecule has 0 aromatic carbocycles. The van der Waals surface area contributed by atoms with Crippen LogP contribution in [0, 0.1) is 0 Å². The van der Waals surface area contributed by atoms with Crippen LogP contribution in [0.3, 0.4) is 0 Å². The first-order chi connectivity index (χ1) is 6.35. The molecule has 14 heavy (non-hydrogen) atoms. The molecule has 0 spiro atoms. The molecule has 0 aromatic rings. The molecule has 6 nitrogen and oxygen atoms in total. The standard InChI is InChI=1S/C7H17NO5Si/c1-6(10-2,11-3)7(14,12-4)13-5(8)9/h1-4,14H3,(H2,8,9). The summed E-state index contributed by atoms with van der Waals surface area (Å²) >= 11 is 0. The lowest BCUT2D eigenvalue weighted by atomic mass is 10.3. The van der Waals surface area contributed by atoms with E-state index >= 15 is 0 Å². The Labute approximate surface area is 86.1 Å². The van der Waals surface area contributed by atoms with E-state index in [-0.39, 0.29) is 0 Å². The van der Waals surface area contributed by atoms with Crippen molar-refractivity contribution in [2.75, 3.05) is 21.3 Å². The van der Waals surface area contributed by atoms with Crippen molar-refractivity contribution in [3.05, 3.63) is 0 Å². The average molecular weight is 223 g/mol. The molecule has 0 fully saturated rings. The van der Waals surface area contributed by atoms with E-state index in [2.05, 4.69) is 0 Å². The largest absolute Gasteiger partial charge is 0.417 e. The summed E-state index contributed by atoms with van der Waals surface area (Å²) in [5.74, 6) is -1.16. The summed E-state index contributed by atoms with van der Waals surface area (Å²) in [6, 6.07) is 0. The van der Waals surface area contributed by atoms with Crippen LogP contribution in [-0.4, -0.2) is 48.9 Å². The molecule has 1 atom stereocenters. The van der Waals surface area contributed by atoms with Gasteiger partial charge in [-0.1, -0.05) is 0 Å². The first kappa shape index (κ1) is 13.4. The summed E-state index contributed by atoms with van der Waals surface area (Å²) in [6.45, 7) is 1.60. The minimum absolute atomic E-state index is 0.349. The van der Waals surface area contributed by atoms with Gasteiger partial charge < -0.3 is 24.7 Å². The molecule has 0 aliphatic heterocycles. The maximum Gasteiger partial charge on any atom is 0.406 e. The van der Waals surface area contributed by atoms with Gasteiger partial charge in [-0.2, -0.15) is 0 Å². The second-order valence-corrected chi connectivity index (χ2v) is 4.24. The number of hydrogen-bond donors (Lipinski definition) is 1. The fourth-order valence-corrected chi connectivity index (χ4v) is 1.58. The van der Waals surface area contributed by atoms with Crippen LogP contribution in [0.2, 0.25) is 0 Å². The Morgan fingerprint density at radius 1 is 1.21 bits per heavy atom. The van der Waals surface area contributed by atoms with E-state index in [4.69, 9.17) is 24.7 Å². The highest BCUT2D eigenvalue weighted by Gasteiger charge is 2.49. The van der Waals surface area contributed by atoms with Crippen molar-refractivity contribution >= 4 is 16.3 Å². The quantitative estimate of drug-likeness (QED) is 0.465. The zero-order valence-corrected chi connectivity index (χ0v) is 11.1. The zero-order valence-electron chi connectivity index (χ0n) is 9.12. The van der Waals surface area contributed by atoms with Gasteiger partial charge >= 0.3 is 6.09 Å². The third kappa shape index (κ3) is 2.44. The predicted octanol–water partition coefficient (Wildman–Crippen LogP) is -1.24. The van der Waals surface area contributed by atoms with E-state index in [1.165, 1.54) is 21.3 Å². The summed E-state index contributed by atoms with van der Waals surface area (Å²) in [6.07, 6.45) is -0.929. The molecule has 0 bridgehead atoms. The minimum atomic E-state index is -1.26. The smallest absolute Gasteiger partial charge is 0.406 e. The minimum Gasteiger partial charge on any atom is -0.417 e. The fourth-order valence-electron chi connectivity index (χ4n) is 0.966. The lowest BCUT2D eigenvalue weighted by molar-refractivity contribution is -0.331. The predicted molar refractivity (Wildman–Crippen MR) is 52.8 cm³/mol. The number of rotatable bonds is 5. The number of carbonyl (C=O) groups is 1. The molecule has 0 aliphatic carbocycles. The first-order valence-corrected chi connectivity index (χ1v) is 4.99. The molecule has 2 N–H and O–H groups in total. The number of carbonyl (C=O) groups excluding carboxylic acids is 1. The average Bonchev–Trinajstić information content (AvgIpc) is 2.15. The van der Waals surface area contributed by atoms with Crippen LogP contribution < -0.4 is 5.73 Å². The van der Waals surface area contributed by atoms with Gasteiger partial charge in [-0.15, -0.1) is 0 Å². The third-order valence-electron chi connectivity index (χ3n) is 2.29. The Morgan fingerprint density at radius 3 is 1.86 bits per heavy atom. The number of hydrogen-bond acceptors (Lipinski definition) is 5. The van der Waals surface area contributed by atoms with Crippen molar-refractivity contribution in [2.24, 2.45) is 5.73 Å². The lowest BCUT2D eigenvalue weighted by Crippen LogP contribution is -2.59. The molecule has 0 rings (SSSR count). The second kappa shape index (κ2) is 4.74. The monoisotopic (exact) mass is 223 g/mol. The number of ether oxygens (including phenoxy) is 4. The van der Waals surface area contributed by atoms with Crippen molar-refractivity contribution in [3.8, 4) is 0 Å². The van der Waals surface area contributed by atoms with Gasteiger partial charge in [0.15, 0.2) is 0 Å². The van der Waals surface area contributed by atoms with Crippen molar-refractivity contribution in [1.82, 2.24) is 0 Å². The third-order valence-corrected chi connectivity index (χ3v) is 3.81. The Morgan fingerprint density at radius 2 is 1.64 bits per heavy atom. The molecule has 1 unspecified atom stereocenters. The second-order valence-electron chi connectivity index (χ2n) is 2.92. The normalized spacial score (nSPS) is 16.3. The lowest BCUT2D eigenvalue weighted by Gasteiger charge is -2.41. The van der Waals surface area contributed by atoms with Crippen LogP contribution in [0.1, 0.15) is 6.92 Å². The molecule has 0 heterocycles. The number of nitrogens with two attached hydrogens (primary N) is 1. The molecule has 0 aromatic heterocycles. The summed E-state index contributed by atoms with van der Waals surface area (Å²) < 4.78 is 20.1. The van der Waals surface area contributed by atoms with Gasteiger partial charge in [0, 0.05) is 21.3 Å². The molecule has 0 saturated heterocycles. The highest BCUT2D eigenvalue weighted by atomic mass is 28.1. The van der Waals surface area contributed by atoms with Crippen molar-refractivity contribution < 1.29 is 23.7 Å². The molecule has 7 heteroatoms. The molecular weight excluding hydrogens is 206 g/mol. The van der Waals surface area contributed by atoms with Gasteiger partial charge in [-0.05, 0) is 6.92 Å². The van der Waals surface area contributed by atoms with Gasteiger partial charge in [0.1, 0.15) is 10.2 Å². The molecule has 84 valence electrons. The van der Waals surface area contributed by atoms with E-state index in [0.29, 0.717) is 10.2 Å². The Balaban J connectivity index is 4.89. The zero-order chi connectivity index (χ0) is 11.4. The summed E-state index contributed by atoms with van der Waals surface area (Å²) in [4.78, 5) is 10.7. The van der Waals surface area contributed by atoms with Crippen molar-refractivity contribution in [1.29, 1.82) is 0 Å². The molecule has 1 amide bonds. The van der Waals surface area contributed by atoms with Crippen LogP contribution in [0.15, 0.2) is 0 Å². The van der Waals surface area contributed by atoms with Gasteiger partial charge in [-0.3, -0.25) is 0 Å². The highest BCUT2D eigenvalue weighted by molar-refractivity contribution is 6.14. The van der Waals surface area contributed by atoms with E-state index in [9.17, 15) is 4.79 Å². The van der Waals surface area contributed by atoms with E-state index in [0.717, 1.165) is 0 Å². The van der Waals surface area contributed by atoms with E-state index in [1.54, 1.807) is 6.92 Å². The first-order valence-electron chi connectivity index (χ1n) is 3.99. The summed E-state index contributed by atoms with van der Waals surface area (Å²) in [7, 11) is 4.60. The van der Waals surface area contributed by atoms with Crippen molar-refractivity contribution in [2.45, 2.75) is 18.1 Å². The summed E-state index contributed by atoms with van der Waals surface area (Å²) in [5.41, 5.74) is 3.67. The summed E-state index contributed by atoms with van der Waals surface area (Å²) in [5, 5.41) is 0. The van der Waals surface area contributed by atoms with Gasteiger partial charge in [0.25, 0.3) is 0 Å². The topological polar surface area (TPSA) is 80.0 Å². The molecule has 0 saturated carbocycles. The number of primary amides is 1. The van der Waals surface area contributed by atoms with E-state index < -0.39 is 17.3 Å². The number of amides is 1. The van der Waals surface area contributed by atoms with Crippen LogP contribution >= 0.6 is 0 Å². The Kier molecular flexibility index (Phi) is 4.52. The fraction of sp³-hybridized carbons (Fsp3) is 0.857. The van der Waals surface area contributed by atoms with Crippen LogP contribution in [-0.2, 0) is 18.9 Å². The Bertz CT molecular complexity index is 208. The van der Waals surface area contributed by atoms with Crippen molar-refractivity contribution in [3.63, 3.8) is 0 Å². The van der Waals surface area contributed by atoms with Gasteiger partial charge in [-0.25, -0.2) is 4.79 Å². The molecule has 0 aliphatic rings. The van der Waals surface area contributed by atoms with E-state index in [1.807, 2.05) is 0 Å². The maximum atomic E-state index is 10.7. The van der Waals surface area contributed by atoms with Crippen LogP contribution in [0.4, 0.5) is 4.79 Å².